The summed E-state index contributed by atoms with van der Waals surface area (Å²) in [6.45, 7) is 0. The predicted octanol–water partition coefficient (Wildman–Crippen LogP) is 4.97. The fourth-order valence-corrected chi connectivity index (χ4v) is 5.78. The minimum Gasteiger partial charge on any atom is -0.338 e. The smallest absolute Gasteiger partial charge is 0.233 e. The molecule has 0 N–H and O–H groups in total. The van der Waals surface area contributed by atoms with E-state index in [0.717, 1.165) is 48.0 Å². The molecule has 29 heavy (non-hydrogen) atoms. The Labute approximate surface area is 179 Å². The number of aromatic nitrogens is 3. The van der Waals surface area contributed by atoms with Crippen LogP contribution in [0.3, 0.4) is 0 Å². The van der Waals surface area contributed by atoms with Crippen LogP contribution in [0.2, 0.25) is 0 Å². The molecule has 2 aromatic heterocycles. The van der Waals surface area contributed by atoms with Gasteiger partial charge in [0.25, 0.3) is 0 Å². The predicted molar refractivity (Wildman–Crippen MR) is 117 cm³/mol. The molecule has 1 fully saturated rings. The van der Waals surface area contributed by atoms with Crippen LogP contribution in [0.25, 0.3) is 10.7 Å². The van der Waals surface area contributed by atoms with E-state index in [0.29, 0.717) is 11.8 Å². The van der Waals surface area contributed by atoms with E-state index in [2.05, 4.69) is 50.5 Å². The molecule has 0 saturated heterocycles. The summed E-state index contributed by atoms with van der Waals surface area (Å²) in [5.74, 6) is 1.48. The molecule has 7 heteroatoms. The summed E-state index contributed by atoms with van der Waals surface area (Å²) >= 11 is 3.20. The van der Waals surface area contributed by atoms with Gasteiger partial charge in [-0.25, -0.2) is 0 Å². The highest BCUT2D eigenvalue weighted by molar-refractivity contribution is 7.99. The number of nitrogens with zero attached hydrogens (tertiary/aromatic N) is 4. The Bertz CT molecular complexity index is 1010. The Morgan fingerprint density at radius 1 is 1.21 bits per heavy atom. The van der Waals surface area contributed by atoms with Crippen LogP contribution in [-0.2, 0) is 11.2 Å². The Hall–Kier alpha value is -2.12. The number of rotatable bonds is 6. The van der Waals surface area contributed by atoms with Crippen LogP contribution < -0.4 is 0 Å². The van der Waals surface area contributed by atoms with Crippen LogP contribution in [0, 0.1) is 0 Å². The molecule has 0 spiro atoms. The highest BCUT2D eigenvalue weighted by atomic mass is 32.2. The number of amides is 1. The fourth-order valence-electron chi connectivity index (χ4n) is 4.14. The van der Waals surface area contributed by atoms with Crippen molar-refractivity contribution in [1.82, 2.24) is 19.7 Å². The maximum atomic E-state index is 13.0. The fraction of sp³-hybridized carbons (Fsp3) is 0.409. The zero-order valence-corrected chi connectivity index (χ0v) is 18.1. The molecule has 5 rings (SSSR count). The van der Waals surface area contributed by atoms with Crippen molar-refractivity contribution in [2.75, 3.05) is 12.8 Å². The van der Waals surface area contributed by atoms with Crippen molar-refractivity contribution in [2.24, 2.45) is 0 Å². The van der Waals surface area contributed by atoms with Gasteiger partial charge in [0.1, 0.15) is 0 Å². The van der Waals surface area contributed by atoms with E-state index in [1.807, 2.05) is 18.0 Å². The van der Waals surface area contributed by atoms with Crippen LogP contribution in [-0.4, -0.2) is 38.4 Å². The molecule has 2 aliphatic rings. The van der Waals surface area contributed by atoms with Crippen molar-refractivity contribution >= 4 is 29.0 Å². The number of aryl methyl sites for hydroxylation is 1. The van der Waals surface area contributed by atoms with Crippen molar-refractivity contribution in [3.05, 3.63) is 52.9 Å². The zero-order chi connectivity index (χ0) is 19.8. The van der Waals surface area contributed by atoms with Crippen LogP contribution in [0.4, 0.5) is 0 Å². The van der Waals surface area contributed by atoms with Gasteiger partial charge in [-0.3, -0.25) is 9.36 Å². The molecular weight excluding hydrogens is 400 g/mol. The first kappa shape index (κ1) is 18.9. The number of thiophene rings is 1. The van der Waals surface area contributed by atoms with E-state index in [1.54, 1.807) is 11.3 Å². The average Bonchev–Trinajstić information content (AvgIpc) is 3.27. The number of fused-ring (bicyclic) bond motifs is 1. The van der Waals surface area contributed by atoms with Crippen LogP contribution >= 0.6 is 23.1 Å². The maximum absolute atomic E-state index is 13.0. The highest BCUT2D eigenvalue weighted by Gasteiger charge is 2.31. The first-order valence-electron chi connectivity index (χ1n) is 10.2. The topological polar surface area (TPSA) is 51.0 Å². The minimum atomic E-state index is 0.153. The van der Waals surface area contributed by atoms with Gasteiger partial charge in [0.2, 0.25) is 5.91 Å². The number of benzene rings is 1. The van der Waals surface area contributed by atoms with E-state index in [-0.39, 0.29) is 11.9 Å². The summed E-state index contributed by atoms with van der Waals surface area (Å²) in [5, 5.41) is 11.8. The third-order valence-electron chi connectivity index (χ3n) is 5.84. The molecule has 0 radical (unpaired) electrons. The summed E-state index contributed by atoms with van der Waals surface area (Å²) in [5.41, 5.74) is 2.69. The van der Waals surface area contributed by atoms with Crippen molar-refractivity contribution in [2.45, 2.75) is 49.3 Å². The third kappa shape index (κ3) is 3.73. The van der Waals surface area contributed by atoms with Gasteiger partial charge in [0.15, 0.2) is 11.0 Å². The second-order valence-corrected chi connectivity index (χ2v) is 9.68. The molecule has 0 aliphatic heterocycles. The molecule has 2 heterocycles. The summed E-state index contributed by atoms with van der Waals surface area (Å²) in [7, 11) is 1.94. The van der Waals surface area contributed by atoms with E-state index in [9.17, 15) is 4.79 Å². The number of hydrogen-bond acceptors (Lipinski definition) is 5. The van der Waals surface area contributed by atoms with Crippen molar-refractivity contribution in [3.63, 3.8) is 0 Å². The normalized spacial score (nSPS) is 18.4. The van der Waals surface area contributed by atoms with Crippen LogP contribution in [0.15, 0.2) is 46.9 Å². The molecule has 1 saturated carbocycles. The van der Waals surface area contributed by atoms with Crippen LogP contribution in [0.1, 0.15) is 48.9 Å². The molecule has 1 aromatic carbocycles. The lowest BCUT2D eigenvalue weighted by Crippen LogP contribution is -2.34. The molecule has 1 amide bonds. The first-order valence-corrected chi connectivity index (χ1v) is 12.0. The standard InChI is InChI=1S/C22H24N4OS2/c1-25(18-9-4-7-15-6-2-3-8-17(15)18)20(27)14-29-22-24-23-21(19-10-5-13-28-19)26(22)16-11-12-16/h2-3,5-6,8,10,13,16,18H,4,7,9,11-12,14H2,1H3. The number of hydrogen-bond donors (Lipinski definition) is 0. The second kappa shape index (κ2) is 7.95. The quantitative estimate of drug-likeness (QED) is 0.524. The van der Waals surface area contributed by atoms with Gasteiger partial charge < -0.3 is 4.90 Å². The zero-order valence-electron chi connectivity index (χ0n) is 16.5. The summed E-state index contributed by atoms with van der Waals surface area (Å²) in [4.78, 5) is 16.1. The highest BCUT2D eigenvalue weighted by Crippen LogP contribution is 2.42. The Morgan fingerprint density at radius 2 is 2.07 bits per heavy atom. The SMILES string of the molecule is CN(C(=O)CSc1nnc(-c2cccs2)n1C1CC1)C1CCCc2ccccc21. The monoisotopic (exact) mass is 424 g/mol. The number of carbonyl (C=O) groups excluding carboxylic acids is 1. The molecule has 2 aliphatic carbocycles. The Kier molecular flexibility index (Phi) is 5.18. The average molecular weight is 425 g/mol. The van der Waals surface area contributed by atoms with E-state index >= 15 is 0 Å². The summed E-state index contributed by atoms with van der Waals surface area (Å²) in [6.07, 6.45) is 5.60. The van der Waals surface area contributed by atoms with Crippen LogP contribution in [0.5, 0.6) is 0 Å². The van der Waals surface area contributed by atoms with Crippen molar-refractivity contribution in [1.29, 1.82) is 0 Å². The van der Waals surface area contributed by atoms with Gasteiger partial charge in [0, 0.05) is 13.1 Å². The maximum Gasteiger partial charge on any atom is 0.233 e. The van der Waals surface area contributed by atoms with Crippen molar-refractivity contribution < 1.29 is 4.79 Å². The number of thioether (sulfide) groups is 1. The van der Waals surface area contributed by atoms with Gasteiger partial charge in [-0.2, -0.15) is 0 Å². The molecular formula is C22H24N4OS2. The summed E-state index contributed by atoms with van der Waals surface area (Å²) < 4.78 is 2.24. The lowest BCUT2D eigenvalue weighted by molar-refractivity contribution is -0.129. The second-order valence-electron chi connectivity index (χ2n) is 7.78. The molecule has 1 atom stereocenters. The lowest BCUT2D eigenvalue weighted by Gasteiger charge is -2.33. The molecule has 5 nitrogen and oxygen atoms in total. The van der Waals surface area contributed by atoms with Gasteiger partial charge in [-0.1, -0.05) is 42.1 Å². The van der Waals surface area contributed by atoms with Gasteiger partial charge in [-0.15, -0.1) is 21.5 Å². The Balaban J connectivity index is 1.30. The van der Waals surface area contributed by atoms with E-state index < -0.39 is 0 Å². The van der Waals surface area contributed by atoms with E-state index in [4.69, 9.17) is 0 Å². The third-order valence-corrected chi connectivity index (χ3v) is 7.64. The van der Waals surface area contributed by atoms with Crippen molar-refractivity contribution in [3.8, 4) is 10.7 Å². The molecule has 1 unspecified atom stereocenters. The van der Waals surface area contributed by atoms with Gasteiger partial charge in [-0.05, 0) is 54.7 Å². The molecule has 150 valence electrons. The minimum absolute atomic E-state index is 0.153. The largest absolute Gasteiger partial charge is 0.338 e. The molecule has 3 aromatic rings. The van der Waals surface area contributed by atoms with E-state index in [1.165, 1.54) is 22.9 Å². The lowest BCUT2D eigenvalue weighted by atomic mass is 9.87. The Morgan fingerprint density at radius 3 is 2.86 bits per heavy atom. The van der Waals surface area contributed by atoms with Gasteiger partial charge in [0.05, 0.1) is 16.7 Å². The number of carbonyl (C=O) groups is 1. The first-order chi connectivity index (χ1) is 14.2. The summed E-state index contributed by atoms with van der Waals surface area (Å²) in [6, 6.07) is 13.3. The molecule has 0 bridgehead atoms. The van der Waals surface area contributed by atoms with Gasteiger partial charge >= 0.3 is 0 Å².